The third-order valence-corrected chi connectivity index (χ3v) is 8.70. The van der Waals surface area contributed by atoms with Gasteiger partial charge in [0.05, 0.1) is 30.5 Å². The maximum Gasteiger partial charge on any atom is 0.313 e. The van der Waals surface area contributed by atoms with Gasteiger partial charge in [0.1, 0.15) is 0 Å². The maximum atomic E-state index is 13.7. The van der Waals surface area contributed by atoms with Crippen molar-refractivity contribution >= 4 is 28.7 Å². The van der Waals surface area contributed by atoms with Crippen molar-refractivity contribution < 1.29 is 23.8 Å². The number of nitrogens with one attached hydrogen (secondary N) is 1. The Balaban J connectivity index is 1.38. The van der Waals surface area contributed by atoms with Crippen molar-refractivity contribution in [1.82, 2.24) is 9.97 Å². The molecule has 3 fully saturated rings. The Morgan fingerprint density at radius 3 is 2.27 bits per heavy atom. The number of rotatable bonds is 8. The van der Waals surface area contributed by atoms with Crippen molar-refractivity contribution in [3.05, 3.63) is 22.5 Å². The maximum absolute atomic E-state index is 13.7. The quantitative estimate of drug-likeness (QED) is 0.515. The number of esters is 1. The Bertz CT molecular complexity index is 1240. The van der Waals surface area contributed by atoms with Gasteiger partial charge in [0, 0.05) is 19.2 Å². The molecular weight excluding hydrogens is 476 g/mol. The van der Waals surface area contributed by atoms with Crippen LogP contribution in [0.5, 0.6) is 11.5 Å². The summed E-state index contributed by atoms with van der Waals surface area (Å²) in [6, 6.07) is 3.32. The average molecular weight is 513 g/mol. The number of H-pyrrole nitrogens is 1. The molecule has 1 saturated heterocycles. The van der Waals surface area contributed by atoms with Crippen molar-refractivity contribution in [1.29, 1.82) is 0 Å². The lowest BCUT2D eigenvalue weighted by molar-refractivity contribution is -0.179. The Hall–Kier alpha value is -3.30. The number of primary amides is 1. The summed E-state index contributed by atoms with van der Waals surface area (Å²) in [5, 5.41) is 0.412. The van der Waals surface area contributed by atoms with Gasteiger partial charge in [0.2, 0.25) is 5.95 Å². The minimum absolute atomic E-state index is 0.267. The summed E-state index contributed by atoms with van der Waals surface area (Å²) < 4.78 is 16.7. The molecule has 37 heavy (non-hydrogen) atoms. The van der Waals surface area contributed by atoms with Gasteiger partial charge >= 0.3 is 5.97 Å². The van der Waals surface area contributed by atoms with Gasteiger partial charge in [-0.15, -0.1) is 0 Å². The summed E-state index contributed by atoms with van der Waals surface area (Å²) >= 11 is 0. The van der Waals surface area contributed by atoms with Gasteiger partial charge in [-0.2, -0.15) is 0 Å². The zero-order valence-electron chi connectivity index (χ0n) is 21.6. The van der Waals surface area contributed by atoms with Crippen LogP contribution in [0.3, 0.4) is 0 Å². The van der Waals surface area contributed by atoms with Gasteiger partial charge in [-0.3, -0.25) is 19.4 Å². The molecule has 1 aliphatic heterocycles. The lowest BCUT2D eigenvalue weighted by atomic mass is 9.67. The molecule has 10 nitrogen and oxygen atoms in total. The average Bonchev–Trinajstić information content (AvgIpc) is 3.35. The fourth-order valence-corrected chi connectivity index (χ4v) is 6.12. The Morgan fingerprint density at radius 1 is 1.05 bits per heavy atom. The highest BCUT2D eigenvalue weighted by Crippen LogP contribution is 2.46. The molecule has 1 aromatic carbocycles. The topological polar surface area (TPSA) is 137 Å². The van der Waals surface area contributed by atoms with Crippen molar-refractivity contribution in [2.24, 2.45) is 17.1 Å². The predicted octanol–water partition coefficient (Wildman–Crippen LogP) is 3.06. The van der Waals surface area contributed by atoms with Crippen molar-refractivity contribution in [3.8, 4) is 11.5 Å². The number of piperidine rings is 1. The van der Waals surface area contributed by atoms with Gasteiger partial charge in [-0.1, -0.05) is 19.3 Å². The van der Waals surface area contributed by atoms with E-state index in [1.807, 2.05) is 4.90 Å². The van der Waals surface area contributed by atoms with Crippen LogP contribution in [0.1, 0.15) is 64.2 Å². The van der Waals surface area contributed by atoms with Crippen molar-refractivity contribution in [3.63, 3.8) is 0 Å². The van der Waals surface area contributed by atoms with E-state index in [4.69, 9.17) is 24.9 Å². The number of nitrogens with two attached hydrogens (primary N) is 1. The highest BCUT2D eigenvalue weighted by Gasteiger charge is 2.51. The molecule has 0 unspecified atom stereocenters. The number of carbonyl (C=O) groups is 2. The van der Waals surface area contributed by atoms with E-state index >= 15 is 0 Å². The number of benzene rings is 1. The summed E-state index contributed by atoms with van der Waals surface area (Å²) in [4.78, 5) is 48.5. The second kappa shape index (κ2) is 9.87. The van der Waals surface area contributed by atoms with Crippen LogP contribution in [0.2, 0.25) is 0 Å². The van der Waals surface area contributed by atoms with E-state index in [9.17, 15) is 14.4 Å². The minimum atomic E-state index is -1.17. The van der Waals surface area contributed by atoms with Crippen LogP contribution in [0.25, 0.3) is 10.9 Å². The monoisotopic (exact) mass is 512 g/mol. The number of aromatic amines is 1. The second-order valence-corrected chi connectivity index (χ2v) is 10.8. The molecule has 3 N–H and O–H groups in total. The lowest BCUT2D eigenvalue weighted by Gasteiger charge is -2.44. The van der Waals surface area contributed by atoms with E-state index in [0.29, 0.717) is 73.0 Å². The Morgan fingerprint density at radius 2 is 1.70 bits per heavy atom. The molecule has 2 aliphatic carbocycles. The fraction of sp³-hybridized carbons (Fsp3) is 0.630. The molecule has 5 rings (SSSR count). The molecule has 0 bridgehead atoms. The van der Waals surface area contributed by atoms with E-state index in [1.165, 1.54) is 20.6 Å². The summed E-state index contributed by atoms with van der Waals surface area (Å²) in [7, 11) is 3.06. The molecule has 1 aromatic heterocycles. The molecule has 3 aliphatic rings. The molecule has 200 valence electrons. The van der Waals surface area contributed by atoms with E-state index in [-0.39, 0.29) is 11.5 Å². The highest BCUT2D eigenvalue weighted by atomic mass is 16.6. The van der Waals surface area contributed by atoms with E-state index in [2.05, 4.69) is 4.98 Å². The third kappa shape index (κ3) is 4.62. The predicted molar refractivity (Wildman–Crippen MR) is 138 cm³/mol. The zero-order chi connectivity index (χ0) is 26.2. The molecule has 2 aromatic rings. The molecular formula is C27H36N4O6. The van der Waals surface area contributed by atoms with Crippen LogP contribution in [0.4, 0.5) is 5.95 Å². The number of anilines is 1. The number of fused-ring (bicyclic) bond motifs is 1. The van der Waals surface area contributed by atoms with Gasteiger partial charge in [-0.25, -0.2) is 4.98 Å². The largest absolute Gasteiger partial charge is 0.493 e. The second-order valence-electron chi connectivity index (χ2n) is 10.8. The summed E-state index contributed by atoms with van der Waals surface area (Å²) in [5.41, 5.74) is 4.10. The van der Waals surface area contributed by atoms with Crippen LogP contribution in [0.15, 0.2) is 16.9 Å². The van der Waals surface area contributed by atoms with Crippen LogP contribution in [-0.4, -0.2) is 54.8 Å². The standard InChI is InChI=1S/C27H36N4O6/c1-35-20-14-18-19(15-21(20)36-2)29-25(30-22(18)32)31-12-10-26(11-13-31,16-17-6-5-7-17)24(34)37-27(23(28)33)8-3-4-9-27/h14-15,17H,3-13,16H2,1-2H3,(H2,28,33)(H,29,30,32). The van der Waals surface area contributed by atoms with E-state index < -0.39 is 16.9 Å². The number of ether oxygens (including phenoxy) is 3. The minimum Gasteiger partial charge on any atom is -0.493 e. The van der Waals surface area contributed by atoms with Gasteiger partial charge in [-0.05, 0) is 56.9 Å². The van der Waals surface area contributed by atoms with Crippen molar-refractivity contribution in [2.75, 3.05) is 32.2 Å². The first-order chi connectivity index (χ1) is 17.8. The van der Waals surface area contributed by atoms with Gasteiger partial charge in [0.15, 0.2) is 17.1 Å². The summed E-state index contributed by atoms with van der Waals surface area (Å²) in [6.07, 6.45) is 7.95. The fourth-order valence-electron chi connectivity index (χ4n) is 6.12. The highest BCUT2D eigenvalue weighted by molar-refractivity contribution is 5.88. The first kappa shape index (κ1) is 25.4. The third-order valence-electron chi connectivity index (χ3n) is 8.70. The van der Waals surface area contributed by atoms with Crippen LogP contribution < -0.4 is 25.7 Å². The van der Waals surface area contributed by atoms with Crippen LogP contribution in [-0.2, 0) is 14.3 Å². The molecule has 0 atom stereocenters. The number of amides is 1. The van der Waals surface area contributed by atoms with Gasteiger partial charge < -0.3 is 24.8 Å². The lowest BCUT2D eigenvalue weighted by Crippen LogP contribution is -2.52. The Labute approximate surface area is 215 Å². The Kier molecular flexibility index (Phi) is 6.76. The molecule has 0 radical (unpaired) electrons. The summed E-state index contributed by atoms with van der Waals surface area (Å²) in [6.45, 7) is 1.07. The van der Waals surface area contributed by atoms with Crippen LogP contribution >= 0.6 is 0 Å². The zero-order valence-corrected chi connectivity index (χ0v) is 21.6. The van der Waals surface area contributed by atoms with Crippen molar-refractivity contribution in [2.45, 2.75) is 69.8 Å². The molecule has 2 heterocycles. The first-order valence-corrected chi connectivity index (χ1v) is 13.2. The number of aromatic nitrogens is 2. The van der Waals surface area contributed by atoms with Gasteiger partial charge in [0.25, 0.3) is 11.5 Å². The normalized spacial score (nSPS) is 20.9. The number of nitrogens with zero attached hydrogens (tertiary/aromatic N) is 2. The SMILES string of the molecule is COc1cc2nc(N3CCC(CC4CCC4)(C(=O)OC4(C(N)=O)CCCC4)CC3)[nH]c(=O)c2cc1OC. The molecule has 10 heteroatoms. The number of hydrogen-bond acceptors (Lipinski definition) is 8. The number of hydrogen-bond donors (Lipinski definition) is 2. The van der Waals surface area contributed by atoms with E-state index in [1.54, 1.807) is 12.1 Å². The molecule has 1 amide bonds. The number of carbonyl (C=O) groups excluding carboxylic acids is 2. The molecule has 2 saturated carbocycles. The van der Waals surface area contributed by atoms with E-state index in [0.717, 1.165) is 32.1 Å². The first-order valence-electron chi connectivity index (χ1n) is 13.2. The molecule has 0 spiro atoms. The number of methoxy groups -OCH3 is 2. The van der Waals surface area contributed by atoms with Crippen LogP contribution in [0, 0.1) is 11.3 Å². The summed E-state index contributed by atoms with van der Waals surface area (Å²) in [5.74, 6) is 1.07. The smallest absolute Gasteiger partial charge is 0.313 e.